The second-order valence-electron chi connectivity index (χ2n) is 5.16. The van der Waals surface area contributed by atoms with E-state index in [1.54, 1.807) is 36.7 Å². The zero-order chi connectivity index (χ0) is 16.2. The second kappa shape index (κ2) is 6.42. The number of hydrogen-bond acceptors (Lipinski definition) is 3. The standard InChI is InChI=1S/C19H15NO3/c21-18(14-8-10-20-11-9-14)15-6-7-16(19(22)23)17(12-15)13-4-2-1-3-5-13/h1-12,18,21H,(H,22,23). The lowest BCUT2D eigenvalue weighted by atomic mass is 9.93. The van der Waals surface area contributed by atoms with E-state index >= 15 is 0 Å². The van der Waals surface area contributed by atoms with Crippen molar-refractivity contribution in [3.63, 3.8) is 0 Å². The number of aliphatic hydroxyl groups is 1. The van der Waals surface area contributed by atoms with Gasteiger partial charge in [0.25, 0.3) is 0 Å². The van der Waals surface area contributed by atoms with Gasteiger partial charge in [-0.25, -0.2) is 4.79 Å². The minimum Gasteiger partial charge on any atom is -0.478 e. The number of carboxylic acid groups (broad SMARTS) is 1. The molecule has 114 valence electrons. The molecule has 0 amide bonds. The average molecular weight is 305 g/mol. The molecule has 0 aliphatic heterocycles. The van der Waals surface area contributed by atoms with Gasteiger partial charge in [0, 0.05) is 12.4 Å². The van der Waals surface area contributed by atoms with Gasteiger partial charge < -0.3 is 10.2 Å². The molecule has 1 unspecified atom stereocenters. The predicted molar refractivity (Wildman–Crippen MR) is 87.1 cm³/mol. The largest absolute Gasteiger partial charge is 0.478 e. The van der Waals surface area contributed by atoms with Crippen molar-refractivity contribution in [2.24, 2.45) is 0 Å². The third kappa shape index (κ3) is 3.12. The van der Waals surface area contributed by atoms with Crippen molar-refractivity contribution in [1.82, 2.24) is 4.98 Å². The number of aliphatic hydroxyl groups excluding tert-OH is 1. The van der Waals surface area contributed by atoms with Crippen LogP contribution in [0, 0.1) is 0 Å². The van der Waals surface area contributed by atoms with Crippen LogP contribution >= 0.6 is 0 Å². The topological polar surface area (TPSA) is 70.4 Å². The van der Waals surface area contributed by atoms with Crippen LogP contribution in [0.3, 0.4) is 0 Å². The van der Waals surface area contributed by atoms with Crippen LogP contribution in [0.5, 0.6) is 0 Å². The SMILES string of the molecule is O=C(O)c1ccc(C(O)c2ccncc2)cc1-c1ccccc1. The van der Waals surface area contributed by atoms with Crippen molar-refractivity contribution in [3.8, 4) is 11.1 Å². The summed E-state index contributed by atoms with van der Waals surface area (Å²) in [6.07, 6.45) is 2.40. The van der Waals surface area contributed by atoms with Gasteiger partial charge in [-0.05, 0) is 46.5 Å². The summed E-state index contributed by atoms with van der Waals surface area (Å²) in [5, 5.41) is 19.9. The predicted octanol–water partition coefficient (Wildman–Crippen LogP) is 3.53. The van der Waals surface area contributed by atoms with E-state index in [0.29, 0.717) is 16.7 Å². The summed E-state index contributed by atoms with van der Waals surface area (Å²) in [4.78, 5) is 15.4. The van der Waals surface area contributed by atoms with E-state index in [1.807, 2.05) is 30.3 Å². The highest BCUT2D eigenvalue weighted by atomic mass is 16.4. The molecular weight excluding hydrogens is 290 g/mol. The van der Waals surface area contributed by atoms with Crippen LogP contribution in [0.1, 0.15) is 27.6 Å². The van der Waals surface area contributed by atoms with Crippen LogP contribution in [-0.4, -0.2) is 21.2 Å². The van der Waals surface area contributed by atoms with Gasteiger partial charge in [-0.1, -0.05) is 36.4 Å². The zero-order valence-electron chi connectivity index (χ0n) is 12.3. The number of pyridine rings is 1. The van der Waals surface area contributed by atoms with Gasteiger partial charge >= 0.3 is 5.97 Å². The van der Waals surface area contributed by atoms with Gasteiger partial charge in [0.1, 0.15) is 6.10 Å². The van der Waals surface area contributed by atoms with Crippen molar-refractivity contribution < 1.29 is 15.0 Å². The van der Waals surface area contributed by atoms with E-state index in [2.05, 4.69) is 4.98 Å². The van der Waals surface area contributed by atoms with Crippen LogP contribution in [0.2, 0.25) is 0 Å². The Morgan fingerprint density at radius 1 is 0.913 bits per heavy atom. The number of hydrogen-bond donors (Lipinski definition) is 2. The number of rotatable bonds is 4. The van der Waals surface area contributed by atoms with Crippen molar-refractivity contribution in [2.75, 3.05) is 0 Å². The first kappa shape index (κ1) is 14.9. The van der Waals surface area contributed by atoms with Crippen LogP contribution in [-0.2, 0) is 0 Å². The van der Waals surface area contributed by atoms with E-state index in [1.165, 1.54) is 6.07 Å². The van der Waals surface area contributed by atoms with Gasteiger partial charge in [-0.15, -0.1) is 0 Å². The smallest absolute Gasteiger partial charge is 0.336 e. The summed E-state index contributed by atoms with van der Waals surface area (Å²) < 4.78 is 0. The molecule has 3 rings (SSSR count). The molecule has 0 saturated carbocycles. The Balaban J connectivity index is 2.09. The van der Waals surface area contributed by atoms with Gasteiger partial charge in [-0.2, -0.15) is 0 Å². The highest BCUT2D eigenvalue weighted by Crippen LogP contribution is 2.29. The lowest BCUT2D eigenvalue weighted by Gasteiger charge is -2.14. The molecule has 2 N–H and O–H groups in total. The highest BCUT2D eigenvalue weighted by molar-refractivity contribution is 5.96. The Bertz CT molecular complexity index is 817. The molecule has 0 spiro atoms. The Morgan fingerprint density at radius 3 is 2.26 bits per heavy atom. The minimum atomic E-state index is -0.992. The summed E-state index contributed by atoms with van der Waals surface area (Å²) in [7, 11) is 0. The van der Waals surface area contributed by atoms with Crippen LogP contribution in [0.25, 0.3) is 11.1 Å². The van der Waals surface area contributed by atoms with E-state index in [9.17, 15) is 15.0 Å². The molecular formula is C19H15NO3. The van der Waals surface area contributed by atoms with Crippen LogP contribution in [0.15, 0.2) is 73.1 Å². The molecule has 0 saturated heterocycles. The van der Waals surface area contributed by atoms with Crippen molar-refractivity contribution in [1.29, 1.82) is 0 Å². The zero-order valence-corrected chi connectivity index (χ0v) is 12.3. The van der Waals surface area contributed by atoms with Gasteiger partial charge in [0.15, 0.2) is 0 Å². The Morgan fingerprint density at radius 2 is 1.61 bits per heavy atom. The Kier molecular flexibility index (Phi) is 4.17. The summed E-state index contributed by atoms with van der Waals surface area (Å²) >= 11 is 0. The Labute approximate surface area is 133 Å². The number of carboxylic acids is 1. The maximum absolute atomic E-state index is 11.5. The first-order chi connectivity index (χ1) is 11.2. The van der Waals surface area contributed by atoms with Crippen LogP contribution in [0.4, 0.5) is 0 Å². The van der Waals surface area contributed by atoms with Crippen molar-refractivity contribution >= 4 is 5.97 Å². The molecule has 4 heteroatoms. The second-order valence-corrected chi connectivity index (χ2v) is 5.16. The quantitative estimate of drug-likeness (QED) is 0.773. The number of benzene rings is 2. The summed E-state index contributed by atoms with van der Waals surface area (Å²) in [5.41, 5.74) is 2.95. The molecule has 0 aliphatic rings. The van der Waals surface area contributed by atoms with Crippen molar-refractivity contribution in [2.45, 2.75) is 6.10 Å². The molecule has 0 radical (unpaired) electrons. The Hall–Kier alpha value is -2.98. The molecule has 1 aromatic heterocycles. The third-order valence-corrected chi connectivity index (χ3v) is 3.70. The van der Waals surface area contributed by atoms with Crippen LogP contribution < -0.4 is 0 Å². The summed E-state index contributed by atoms with van der Waals surface area (Å²) in [6, 6.07) is 17.7. The normalized spacial score (nSPS) is 11.9. The fourth-order valence-corrected chi connectivity index (χ4v) is 2.51. The first-order valence-electron chi connectivity index (χ1n) is 7.17. The highest BCUT2D eigenvalue weighted by Gasteiger charge is 2.16. The molecule has 0 bridgehead atoms. The maximum Gasteiger partial charge on any atom is 0.336 e. The van der Waals surface area contributed by atoms with E-state index in [4.69, 9.17) is 0 Å². The van der Waals surface area contributed by atoms with E-state index in [0.717, 1.165) is 5.56 Å². The third-order valence-electron chi connectivity index (χ3n) is 3.70. The summed E-state index contributed by atoms with van der Waals surface area (Å²) in [6.45, 7) is 0. The lowest BCUT2D eigenvalue weighted by Crippen LogP contribution is -2.04. The molecule has 1 atom stereocenters. The molecule has 2 aromatic carbocycles. The molecule has 23 heavy (non-hydrogen) atoms. The number of aromatic carboxylic acids is 1. The number of nitrogens with zero attached hydrogens (tertiary/aromatic N) is 1. The van der Waals surface area contributed by atoms with E-state index in [-0.39, 0.29) is 5.56 Å². The molecule has 0 fully saturated rings. The number of aromatic nitrogens is 1. The van der Waals surface area contributed by atoms with Gasteiger partial charge in [0.2, 0.25) is 0 Å². The number of carbonyl (C=O) groups is 1. The first-order valence-corrected chi connectivity index (χ1v) is 7.17. The van der Waals surface area contributed by atoms with Crippen molar-refractivity contribution in [3.05, 3.63) is 89.7 Å². The lowest BCUT2D eigenvalue weighted by molar-refractivity contribution is 0.0697. The maximum atomic E-state index is 11.5. The average Bonchev–Trinajstić information content (AvgIpc) is 2.62. The monoisotopic (exact) mass is 305 g/mol. The van der Waals surface area contributed by atoms with Gasteiger partial charge in [0.05, 0.1) is 5.56 Å². The molecule has 4 nitrogen and oxygen atoms in total. The summed E-state index contributed by atoms with van der Waals surface area (Å²) in [5.74, 6) is -0.992. The molecule has 3 aromatic rings. The molecule has 0 aliphatic carbocycles. The fraction of sp³-hybridized carbons (Fsp3) is 0.0526. The molecule has 1 heterocycles. The fourth-order valence-electron chi connectivity index (χ4n) is 2.51. The minimum absolute atomic E-state index is 0.210. The van der Waals surface area contributed by atoms with E-state index < -0.39 is 12.1 Å². The van der Waals surface area contributed by atoms with Gasteiger partial charge in [-0.3, -0.25) is 4.98 Å².